The summed E-state index contributed by atoms with van der Waals surface area (Å²) in [6.45, 7) is 0.0417. The summed E-state index contributed by atoms with van der Waals surface area (Å²) in [7, 11) is 0. The molecule has 0 bridgehead atoms. The number of hydrogen-bond acceptors (Lipinski definition) is 1. The zero-order valence-corrected chi connectivity index (χ0v) is 17.9. The van der Waals surface area contributed by atoms with E-state index in [2.05, 4.69) is 5.32 Å². The Balaban J connectivity index is 2.74. The van der Waals surface area contributed by atoms with Gasteiger partial charge in [0.05, 0.1) is 0 Å². The maximum atomic E-state index is 13.7. The fourth-order valence-corrected chi connectivity index (χ4v) is 3.03. The molecule has 0 aromatic heterocycles. The molecule has 0 unspecified atom stereocenters. The molecule has 0 heterocycles. The molecule has 0 spiro atoms. The number of carbonyl (C=O) groups excluding carboxylic acids is 1. The first-order valence-corrected chi connectivity index (χ1v) is 9.75. The van der Waals surface area contributed by atoms with Crippen LogP contribution in [0.1, 0.15) is 29.6 Å². The second-order valence-corrected chi connectivity index (χ2v) is 7.90. The normalized spacial score (nSPS) is 14.4. The van der Waals surface area contributed by atoms with Crippen molar-refractivity contribution >= 4 is 28.5 Å². The van der Waals surface area contributed by atoms with Gasteiger partial charge in [-0.25, -0.2) is 0 Å². The van der Waals surface area contributed by atoms with Gasteiger partial charge >= 0.3 is 29.9 Å². The van der Waals surface area contributed by atoms with E-state index in [1.54, 1.807) is 18.2 Å². The van der Waals surface area contributed by atoms with E-state index in [0.717, 1.165) is 22.6 Å². The molecule has 0 saturated heterocycles. The second-order valence-electron chi connectivity index (χ2n) is 6.51. The van der Waals surface area contributed by atoms with E-state index in [9.17, 15) is 53.1 Å². The lowest BCUT2D eigenvalue weighted by atomic mass is 9.97. The minimum Gasteiger partial charge on any atom is -0.352 e. The van der Waals surface area contributed by atoms with Crippen LogP contribution in [-0.4, -0.2) is 42.3 Å². The quantitative estimate of drug-likeness (QED) is 0.176. The third kappa shape index (κ3) is 6.04. The number of alkyl halides is 11. The largest absolute Gasteiger partial charge is 0.460 e. The van der Waals surface area contributed by atoms with Crippen LogP contribution in [0.4, 0.5) is 48.3 Å². The zero-order valence-electron chi connectivity index (χ0n) is 15.7. The molecule has 2 nitrogen and oxygen atoms in total. The van der Waals surface area contributed by atoms with Crippen molar-refractivity contribution in [1.29, 1.82) is 0 Å². The Kier molecular flexibility index (Phi) is 8.99. The van der Waals surface area contributed by atoms with Crippen molar-refractivity contribution in [3.63, 3.8) is 0 Å². The van der Waals surface area contributed by atoms with Crippen molar-refractivity contribution in [3.8, 4) is 0 Å². The van der Waals surface area contributed by atoms with Gasteiger partial charge in [-0.2, -0.15) is 48.3 Å². The lowest BCUT2D eigenvalue weighted by Crippen LogP contribution is -2.66. The number of nitrogens with one attached hydrogen (secondary N) is 1. The standard InChI is InChI=1S/C18H15F11INO/c19-14(20,15(21,22)16(23,24)17(25,26)18(27,28)29)10-12(30)8-4-5-9-31-13(32)11-6-2-1-3-7-11/h1-3,6-7,10H,4-5,8-9H2,(H,31,32). The maximum Gasteiger partial charge on any atom is 0.460 e. The molecule has 0 fully saturated rings. The van der Waals surface area contributed by atoms with Crippen LogP contribution in [0, 0.1) is 0 Å². The van der Waals surface area contributed by atoms with Crippen molar-refractivity contribution in [2.45, 2.75) is 49.1 Å². The summed E-state index contributed by atoms with van der Waals surface area (Å²) in [6, 6.07) is 7.91. The lowest BCUT2D eigenvalue weighted by molar-refractivity contribution is -0.416. The highest BCUT2D eigenvalue weighted by molar-refractivity contribution is 14.1. The maximum absolute atomic E-state index is 13.7. The Morgan fingerprint density at radius 3 is 1.84 bits per heavy atom. The highest BCUT2D eigenvalue weighted by Gasteiger charge is 2.86. The van der Waals surface area contributed by atoms with Crippen LogP contribution in [0.25, 0.3) is 0 Å². The fourth-order valence-electron chi connectivity index (χ4n) is 2.26. The molecule has 0 aliphatic heterocycles. The monoisotopic (exact) mass is 597 g/mol. The molecule has 1 N–H and O–H groups in total. The smallest absolute Gasteiger partial charge is 0.352 e. The number of halogens is 12. The van der Waals surface area contributed by atoms with Crippen molar-refractivity contribution in [2.24, 2.45) is 0 Å². The van der Waals surface area contributed by atoms with E-state index in [-0.39, 0.29) is 19.4 Å². The SMILES string of the molecule is O=C(NCCCCC(I)=CC(F)(F)C(F)(F)C(F)(F)C(F)(F)C(F)(F)F)c1ccccc1. The molecule has 0 saturated carbocycles. The van der Waals surface area contributed by atoms with Gasteiger partial charge in [-0.05, 0) is 57.6 Å². The third-order valence-electron chi connectivity index (χ3n) is 4.07. The van der Waals surface area contributed by atoms with Crippen LogP contribution < -0.4 is 5.32 Å². The Hall–Kier alpha value is -1.61. The predicted molar refractivity (Wildman–Crippen MR) is 101 cm³/mol. The van der Waals surface area contributed by atoms with Crippen molar-refractivity contribution in [3.05, 3.63) is 45.6 Å². The van der Waals surface area contributed by atoms with E-state index >= 15 is 0 Å². The van der Waals surface area contributed by atoms with E-state index in [1.165, 1.54) is 12.1 Å². The van der Waals surface area contributed by atoms with E-state index in [0.29, 0.717) is 5.56 Å². The molecule has 0 radical (unpaired) electrons. The van der Waals surface area contributed by atoms with Gasteiger partial charge in [0.15, 0.2) is 0 Å². The zero-order chi connectivity index (χ0) is 25.0. The van der Waals surface area contributed by atoms with Crippen LogP contribution in [0.2, 0.25) is 0 Å². The predicted octanol–water partition coefficient (Wildman–Crippen LogP) is 7.01. The van der Waals surface area contributed by atoms with Crippen LogP contribution in [0.3, 0.4) is 0 Å². The van der Waals surface area contributed by atoms with E-state index < -0.39 is 51.9 Å². The molecule has 1 amide bonds. The molecule has 1 aromatic carbocycles. The average Bonchev–Trinajstić information content (AvgIpc) is 2.66. The van der Waals surface area contributed by atoms with Gasteiger partial charge in [-0.1, -0.05) is 18.2 Å². The number of unbranched alkanes of at least 4 members (excludes halogenated alkanes) is 1. The van der Waals surface area contributed by atoms with E-state index in [4.69, 9.17) is 0 Å². The molecule has 32 heavy (non-hydrogen) atoms. The van der Waals surface area contributed by atoms with Gasteiger partial charge in [0, 0.05) is 18.2 Å². The Morgan fingerprint density at radius 2 is 1.34 bits per heavy atom. The molecule has 1 rings (SSSR count). The average molecular weight is 597 g/mol. The fraction of sp³-hybridized carbons (Fsp3) is 0.500. The summed E-state index contributed by atoms with van der Waals surface area (Å²) in [4.78, 5) is 11.8. The minimum absolute atomic E-state index is 0.0133. The van der Waals surface area contributed by atoms with Gasteiger partial charge in [-0.3, -0.25) is 4.79 Å². The van der Waals surface area contributed by atoms with Crippen molar-refractivity contribution in [1.82, 2.24) is 5.32 Å². The van der Waals surface area contributed by atoms with Crippen LogP contribution in [0.5, 0.6) is 0 Å². The first-order valence-electron chi connectivity index (χ1n) is 8.67. The summed E-state index contributed by atoms with van der Waals surface area (Å²) in [5.41, 5.74) is 0.334. The van der Waals surface area contributed by atoms with E-state index in [1.807, 2.05) is 0 Å². The number of carbonyl (C=O) groups is 1. The van der Waals surface area contributed by atoms with Crippen LogP contribution >= 0.6 is 22.6 Å². The second kappa shape index (κ2) is 10.1. The molecular weight excluding hydrogens is 582 g/mol. The van der Waals surface area contributed by atoms with Gasteiger partial charge in [0.2, 0.25) is 0 Å². The summed E-state index contributed by atoms with van der Waals surface area (Å²) in [5.74, 6) is -28.3. The lowest BCUT2D eigenvalue weighted by Gasteiger charge is -2.36. The Bertz CT molecular complexity index is 807. The Labute approximate surface area is 188 Å². The highest BCUT2D eigenvalue weighted by atomic mass is 127. The number of rotatable bonds is 10. The summed E-state index contributed by atoms with van der Waals surface area (Å²) in [5, 5.41) is 2.48. The van der Waals surface area contributed by atoms with Crippen molar-refractivity contribution < 1.29 is 53.1 Å². The van der Waals surface area contributed by atoms with Gasteiger partial charge in [-0.15, -0.1) is 0 Å². The number of allylic oxidation sites excluding steroid dienone is 2. The summed E-state index contributed by atoms with van der Waals surface area (Å²) in [6.07, 6.45) is -8.23. The van der Waals surface area contributed by atoms with Gasteiger partial charge in [0.1, 0.15) is 0 Å². The summed E-state index contributed by atoms with van der Waals surface area (Å²) < 4.78 is 142. The third-order valence-corrected chi connectivity index (χ3v) is 4.92. The van der Waals surface area contributed by atoms with Crippen LogP contribution in [-0.2, 0) is 0 Å². The molecule has 1 aromatic rings. The first kappa shape index (κ1) is 28.4. The number of amides is 1. The van der Waals surface area contributed by atoms with Gasteiger partial charge in [0.25, 0.3) is 5.91 Å². The molecule has 0 atom stereocenters. The minimum atomic E-state index is -7.42. The molecule has 14 heteroatoms. The highest BCUT2D eigenvalue weighted by Crippen LogP contribution is 2.57. The topological polar surface area (TPSA) is 29.1 Å². The molecule has 0 aliphatic carbocycles. The van der Waals surface area contributed by atoms with Crippen LogP contribution in [0.15, 0.2) is 40.0 Å². The number of hydrogen-bond donors (Lipinski definition) is 1. The van der Waals surface area contributed by atoms with Crippen molar-refractivity contribution in [2.75, 3.05) is 6.54 Å². The van der Waals surface area contributed by atoms with Gasteiger partial charge < -0.3 is 5.32 Å². The number of benzene rings is 1. The summed E-state index contributed by atoms with van der Waals surface area (Å²) >= 11 is 1.05. The Morgan fingerprint density at radius 1 is 0.812 bits per heavy atom. The molecule has 182 valence electrons. The first-order chi connectivity index (χ1) is 14.4. The molecular formula is C18H15F11INO. The molecule has 0 aliphatic rings.